The lowest BCUT2D eigenvalue weighted by Gasteiger charge is -2.10. The maximum absolute atomic E-state index is 4.56. The normalized spacial score (nSPS) is 11.8. The lowest BCUT2D eigenvalue weighted by Crippen LogP contribution is -2.00. The SMILES string of the molecule is CCC/C=C(\CCC)c1nccn1-c1ccccc1. The van der Waals surface area contributed by atoms with Gasteiger partial charge in [0.05, 0.1) is 0 Å². The molecule has 2 aromatic rings. The van der Waals surface area contributed by atoms with E-state index in [0.717, 1.165) is 25.1 Å². The van der Waals surface area contributed by atoms with Gasteiger partial charge >= 0.3 is 0 Å². The summed E-state index contributed by atoms with van der Waals surface area (Å²) in [6.07, 6.45) is 10.8. The van der Waals surface area contributed by atoms with Crippen LogP contribution in [0.15, 0.2) is 48.8 Å². The Kier molecular flexibility index (Phi) is 4.96. The van der Waals surface area contributed by atoms with Crippen LogP contribution in [0.3, 0.4) is 0 Å². The molecule has 0 spiro atoms. The largest absolute Gasteiger partial charge is 0.300 e. The van der Waals surface area contributed by atoms with Crippen LogP contribution in [-0.4, -0.2) is 9.55 Å². The summed E-state index contributed by atoms with van der Waals surface area (Å²) in [5.74, 6) is 1.08. The molecule has 0 bridgehead atoms. The third kappa shape index (κ3) is 3.34. The molecular formula is C17H22N2. The number of allylic oxidation sites excluding steroid dienone is 2. The number of imidazole rings is 1. The lowest BCUT2D eigenvalue weighted by molar-refractivity contribution is 0.907. The Balaban J connectivity index is 2.37. The summed E-state index contributed by atoms with van der Waals surface area (Å²) in [7, 11) is 0. The predicted molar refractivity (Wildman–Crippen MR) is 81.4 cm³/mol. The van der Waals surface area contributed by atoms with Crippen molar-refractivity contribution in [2.45, 2.75) is 39.5 Å². The Morgan fingerprint density at radius 1 is 1.16 bits per heavy atom. The van der Waals surface area contributed by atoms with E-state index in [4.69, 9.17) is 0 Å². The maximum atomic E-state index is 4.56. The number of hydrogen-bond acceptors (Lipinski definition) is 1. The molecule has 0 aliphatic heterocycles. The minimum absolute atomic E-state index is 1.08. The zero-order valence-corrected chi connectivity index (χ0v) is 11.8. The molecule has 0 saturated carbocycles. The molecule has 1 aromatic heterocycles. The van der Waals surface area contributed by atoms with E-state index in [1.54, 1.807) is 0 Å². The highest BCUT2D eigenvalue weighted by Crippen LogP contribution is 2.22. The van der Waals surface area contributed by atoms with Crippen molar-refractivity contribution >= 4 is 5.57 Å². The van der Waals surface area contributed by atoms with Gasteiger partial charge in [-0.25, -0.2) is 4.98 Å². The van der Waals surface area contributed by atoms with E-state index in [-0.39, 0.29) is 0 Å². The number of nitrogens with zero attached hydrogens (tertiary/aromatic N) is 2. The molecule has 2 rings (SSSR count). The molecule has 2 heteroatoms. The Morgan fingerprint density at radius 2 is 1.95 bits per heavy atom. The Bertz CT molecular complexity index is 523. The van der Waals surface area contributed by atoms with Crippen molar-refractivity contribution in [2.75, 3.05) is 0 Å². The molecular weight excluding hydrogens is 232 g/mol. The third-order valence-corrected chi connectivity index (χ3v) is 3.16. The maximum Gasteiger partial charge on any atom is 0.140 e. The molecule has 0 radical (unpaired) electrons. The van der Waals surface area contributed by atoms with E-state index in [9.17, 15) is 0 Å². The zero-order valence-electron chi connectivity index (χ0n) is 11.8. The van der Waals surface area contributed by atoms with Crippen molar-refractivity contribution in [3.63, 3.8) is 0 Å². The van der Waals surface area contributed by atoms with E-state index in [2.05, 4.69) is 53.7 Å². The molecule has 0 atom stereocenters. The van der Waals surface area contributed by atoms with Crippen LogP contribution >= 0.6 is 0 Å². The van der Waals surface area contributed by atoms with Crippen LogP contribution in [0.1, 0.15) is 45.4 Å². The molecule has 19 heavy (non-hydrogen) atoms. The van der Waals surface area contributed by atoms with Crippen molar-refractivity contribution < 1.29 is 0 Å². The summed E-state index contributed by atoms with van der Waals surface area (Å²) in [5.41, 5.74) is 2.53. The van der Waals surface area contributed by atoms with Gasteiger partial charge in [0, 0.05) is 18.1 Å². The van der Waals surface area contributed by atoms with Crippen molar-refractivity contribution in [3.8, 4) is 5.69 Å². The summed E-state index contributed by atoms with van der Waals surface area (Å²) in [6, 6.07) is 10.4. The number of unbranched alkanes of at least 4 members (excludes halogenated alkanes) is 1. The highest BCUT2D eigenvalue weighted by atomic mass is 15.1. The lowest BCUT2D eigenvalue weighted by atomic mass is 10.1. The van der Waals surface area contributed by atoms with E-state index in [1.165, 1.54) is 17.7 Å². The topological polar surface area (TPSA) is 17.8 Å². The van der Waals surface area contributed by atoms with Gasteiger partial charge in [0.15, 0.2) is 0 Å². The quantitative estimate of drug-likeness (QED) is 0.720. The molecule has 2 nitrogen and oxygen atoms in total. The molecule has 1 heterocycles. The number of aromatic nitrogens is 2. The summed E-state index contributed by atoms with van der Waals surface area (Å²) in [5, 5.41) is 0. The van der Waals surface area contributed by atoms with E-state index < -0.39 is 0 Å². The predicted octanol–water partition coefficient (Wildman–Crippen LogP) is 4.86. The smallest absolute Gasteiger partial charge is 0.140 e. The minimum atomic E-state index is 1.08. The Hall–Kier alpha value is -1.83. The third-order valence-electron chi connectivity index (χ3n) is 3.16. The second-order valence-electron chi connectivity index (χ2n) is 4.72. The van der Waals surface area contributed by atoms with Gasteiger partial charge in [-0.15, -0.1) is 0 Å². The molecule has 1 aromatic carbocycles. The number of para-hydroxylation sites is 1. The van der Waals surface area contributed by atoms with Crippen LogP contribution in [0.25, 0.3) is 11.3 Å². The van der Waals surface area contributed by atoms with Gasteiger partial charge in [-0.05, 0) is 30.5 Å². The van der Waals surface area contributed by atoms with Crippen molar-refractivity contribution in [1.82, 2.24) is 9.55 Å². The number of benzene rings is 1. The van der Waals surface area contributed by atoms with Crippen LogP contribution in [0, 0.1) is 0 Å². The molecule has 0 amide bonds. The van der Waals surface area contributed by atoms with Gasteiger partial charge in [0.25, 0.3) is 0 Å². The first-order valence-electron chi connectivity index (χ1n) is 7.15. The molecule has 0 aliphatic rings. The average Bonchev–Trinajstić information content (AvgIpc) is 2.93. The van der Waals surface area contributed by atoms with E-state index in [1.807, 2.05) is 18.5 Å². The summed E-state index contributed by atoms with van der Waals surface area (Å²) in [4.78, 5) is 4.56. The molecule has 0 unspecified atom stereocenters. The molecule has 0 N–H and O–H groups in total. The zero-order chi connectivity index (χ0) is 13.5. The fraction of sp³-hybridized carbons (Fsp3) is 0.353. The fourth-order valence-corrected chi connectivity index (χ4v) is 2.23. The standard InChI is InChI=1S/C17H22N2/c1-3-5-10-15(9-4-2)17-18-13-14-19(17)16-11-7-6-8-12-16/h6-8,10-14H,3-5,9H2,1-2H3/b15-10+. The van der Waals surface area contributed by atoms with Gasteiger partial charge in [-0.2, -0.15) is 0 Å². The first-order valence-corrected chi connectivity index (χ1v) is 7.15. The average molecular weight is 254 g/mol. The minimum Gasteiger partial charge on any atom is -0.300 e. The highest BCUT2D eigenvalue weighted by Gasteiger charge is 2.09. The number of rotatable bonds is 6. The summed E-state index contributed by atoms with van der Waals surface area (Å²) < 4.78 is 2.18. The Morgan fingerprint density at radius 3 is 2.63 bits per heavy atom. The summed E-state index contributed by atoms with van der Waals surface area (Å²) in [6.45, 7) is 4.43. The number of hydrogen-bond donors (Lipinski definition) is 0. The first-order chi connectivity index (χ1) is 9.36. The summed E-state index contributed by atoms with van der Waals surface area (Å²) >= 11 is 0. The van der Waals surface area contributed by atoms with E-state index >= 15 is 0 Å². The molecule has 0 saturated heterocycles. The second kappa shape index (κ2) is 6.93. The molecule has 0 fully saturated rings. The molecule has 100 valence electrons. The van der Waals surface area contributed by atoms with Crippen LogP contribution in [0.5, 0.6) is 0 Å². The first kappa shape index (κ1) is 13.6. The van der Waals surface area contributed by atoms with Gasteiger partial charge in [0.2, 0.25) is 0 Å². The van der Waals surface area contributed by atoms with Crippen molar-refractivity contribution in [1.29, 1.82) is 0 Å². The van der Waals surface area contributed by atoms with Crippen LogP contribution in [0.2, 0.25) is 0 Å². The van der Waals surface area contributed by atoms with Crippen molar-refractivity contribution in [2.24, 2.45) is 0 Å². The van der Waals surface area contributed by atoms with Gasteiger partial charge in [-0.1, -0.05) is 51.0 Å². The molecule has 0 aliphatic carbocycles. The highest BCUT2D eigenvalue weighted by molar-refractivity contribution is 5.62. The van der Waals surface area contributed by atoms with Gasteiger partial charge in [-0.3, -0.25) is 0 Å². The van der Waals surface area contributed by atoms with Crippen molar-refractivity contribution in [3.05, 3.63) is 54.6 Å². The van der Waals surface area contributed by atoms with Crippen LogP contribution in [-0.2, 0) is 0 Å². The van der Waals surface area contributed by atoms with E-state index in [0.29, 0.717) is 0 Å². The van der Waals surface area contributed by atoms with Gasteiger partial charge in [0.1, 0.15) is 5.82 Å². The van der Waals surface area contributed by atoms with Crippen LogP contribution in [0.4, 0.5) is 0 Å². The second-order valence-corrected chi connectivity index (χ2v) is 4.72. The van der Waals surface area contributed by atoms with Gasteiger partial charge < -0.3 is 4.57 Å². The fourth-order valence-electron chi connectivity index (χ4n) is 2.23. The van der Waals surface area contributed by atoms with Crippen LogP contribution < -0.4 is 0 Å². The Labute approximate surface area is 115 Å². The monoisotopic (exact) mass is 254 g/mol.